The number of ether oxygens (including phenoxy) is 1. The normalized spacial score (nSPS) is 22.0. The van der Waals surface area contributed by atoms with E-state index in [1.807, 2.05) is 49.1 Å². The highest BCUT2D eigenvalue weighted by molar-refractivity contribution is 5.93. The van der Waals surface area contributed by atoms with Gasteiger partial charge in [-0.25, -0.2) is 0 Å². The average Bonchev–Trinajstić information content (AvgIpc) is 2.58. The van der Waals surface area contributed by atoms with Crippen LogP contribution in [-0.4, -0.2) is 49.7 Å². The molecular formula is C19H30N2O2. The van der Waals surface area contributed by atoms with Crippen LogP contribution in [0, 0.1) is 5.92 Å². The van der Waals surface area contributed by atoms with Gasteiger partial charge in [-0.2, -0.15) is 0 Å². The molecule has 0 radical (unpaired) electrons. The number of amides is 1. The van der Waals surface area contributed by atoms with Gasteiger partial charge in [0.1, 0.15) is 0 Å². The van der Waals surface area contributed by atoms with Crippen LogP contribution in [0.1, 0.15) is 33.6 Å². The number of rotatable bonds is 7. The predicted octanol–water partition coefficient (Wildman–Crippen LogP) is 3.18. The van der Waals surface area contributed by atoms with Crippen molar-refractivity contribution in [3.63, 3.8) is 0 Å². The lowest BCUT2D eigenvalue weighted by Crippen LogP contribution is -2.52. The molecule has 23 heavy (non-hydrogen) atoms. The van der Waals surface area contributed by atoms with Gasteiger partial charge < -0.3 is 14.5 Å². The number of anilines is 1. The Kier molecular flexibility index (Phi) is 7.06. The standard InChI is InChI=1S/C19H30N2O2/c1-4-19(22)21(17-9-7-6-8-10-17)18-11-12-20(15-16(18)3)13-14-23-5-2/h6-10,16,18H,4-5,11-15H2,1-3H3/t16-,18+/m0/s1. The van der Waals surface area contributed by atoms with Gasteiger partial charge >= 0.3 is 0 Å². The molecule has 1 aliphatic heterocycles. The van der Waals surface area contributed by atoms with E-state index in [0.29, 0.717) is 12.3 Å². The maximum atomic E-state index is 12.5. The number of hydrogen-bond acceptors (Lipinski definition) is 3. The van der Waals surface area contributed by atoms with Crippen LogP contribution in [0.2, 0.25) is 0 Å². The van der Waals surface area contributed by atoms with Crippen molar-refractivity contribution in [1.82, 2.24) is 4.90 Å². The summed E-state index contributed by atoms with van der Waals surface area (Å²) in [7, 11) is 0. The number of para-hydroxylation sites is 1. The number of hydrogen-bond donors (Lipinski definition) is 0. The van der Waals surface area contributed by atoms with E-state index in [1.165, 1.54) is 0 Å². The molecule has 0 unspecified atom stereocenters. The summed E-state index contributed by atoms with van der Waals surface area (Å²) in [6, 6.07) is 10.4. The maximum Gasteiger partial charge on any atom is 0.226 e. The molecule has 1 aliphatic rings. The number of piperidine rings is 1. The fourth-order valence-corrected chi connectivity index (χ4v) is 3.42. The quantitative estimate of drug-likeness (QED) is 0.724. The fraction of sp³-hybridized carbons (Fsp3) is 0.632. The minimum Gasteiger partial charge on any atom is -0.380 e. The minimum absolute atomic E-state index is 0.218. The second-order valence-electron chi connectivity index (χ2n) is 6.28. The van der Waals surface area contributed by atoms with E-state index in [-0.39, 0.29) is 11.9 Å². The first-order chi connectivity index (χ1) is 11.2. The van der Waals surface area contributed by atoms with Crippen LogP contribution >= 0.6 is 0 Å². The van der Waals surface area contributed by atoms with Crippen molar-refractivity contribution in [2.24, 2.45) is 5.92 Å². The lowest BCUT2D eigenvalue weighted by Gasteiger charge is -2.42. The Balaban J connectivity index is 2.05. The van der Waals surface area contributed by atoms with Crippen LogP contribution in [0.15, 0.2) is 30.3 Å². The number of likely N-dealkylation sites (tertiary alicyclic amines) is 1. The summed E-state index contributed by atoms with van der Waals surface area (Å²) in [5, 5.41) is 0. The van der Waals surface area contributed by atoms with Crippen molar-refractivity contribution in [2.75, 3.05) is 37.7 Å². The lowest BCUT2D eigenvalue weighted by molar-refractivity contribution is -0.119. The van der Waals surface area contributed by atoms with Gasteiger partial charge in [-0.3, -0.25) is 4.79 Å². The highest BCUT2D eigenvalue weighted by Gasteiger charge is 2.33. The van der Waals surface area contributed by atoms with Crippen LogP contribution in [0.25, 0.3) is 0 Å². The Morgan fingerprint density at radius 1 is 1.30 bits per heavy atom. The number of benzene rings is 1. The molecule has 1 aromatic rings. The molecular weight excluding hydrogens is 288 g/mol. The molecule has 1 amide bonds. The monoisotopic (exact) mass is 318 g/mol. The lowest BCUT2D eigenvalue weighted by atomic mass is 9.91. The number of carbonyl (C=O) groups excluding carboxylic acids is 1. The largest absolute Gasteiger partial charge is 0.380 e. The van der Waals surface area contributed by atoms with Crippen LogP contribution in [0.3, 0.4) is 0 Å². The van der Waals surface area contributed by atoms with Gasteiger partial charge in [-0.05, 0) is 31.4 Å². The molecule has 1 heterocycles. The summed E-state index contributed by atoms with van der Waals surface area (Å²) < 4.78 is 5.46. The molecule has 128 valence electrons. The molecule has 4 nitrogen and oxygen atoms in total. The fourth-order valence-electron chi connectivity index (χ4n) is 3.42. The van der Waals surface area contributed by atoms with Crippen LogP contribution in [-0.2, 0) is 9.53 Å². The molecule has 0 aromatic heterocycles. The predicted molar refractivity (Wildman–Crippen MR) is 94.7 cm³/mol. The second kappa shape index (κ2) is 9.04. The van der Waals surface area contributed by atoms with E-state index < -0.39 is 0 Å². The summed E-state index contributed by atoms with van der Waals surface area (Å²) >= 11 is 0. The first kappa shape index (κ1) is 18.0. The van der Waals surface area contributed by atoms with Crippen molar-refractivity contribution >= 4 is 11.6 Å². The highest BCUT2D eigenvalue weighted by atomic mass is 16.5. The molecule has 0 spiro atoms. The molecule has 2 atom stereocenters. The van der Waals surface area contributed by atoms with E-state index in [4.69, 9.17) is 4.74 Å². The van der Waals surface area contributed by atoms with Gasteiger partial charge in [0.2, 0.25) is 5.91 Å². The van der Waals surface area contributed by atoms with Gasteiger partial charge in [0.15, 0.2) is 0 Å². The van der Waals surface area contributed by atoms with Gasteiger partial charge in [0.05, 0.1) is 6.61 Å². The number of nitrogens with zero attached hydrogens (tertiary/aromatic N) is 2. The van der Waals surface area contributed by atoms with E-state index in [0.717, 1.165) is 45.0 Å². The zero-order valence-electron chi connectivity index (χ0n) is 14.7. The first-order valence-corrected chi connectivity index (χ1v) is 8.84. The third-order valence-electron chi connectivity index (χ3n) is 4.64. The van der Waals surface area contributed by atoms with E-state index in [2.05, 4.69) is 11.8 Å². The van der Waals surface area contributed by atoms with Crippen molar-refractivity contribution in [1.29, 1.82) is 0 Å². The summed E-state index contributed by atoms with van der Waals surface area (Å²) in [5.74, 6) is 0.678. The Labute approximate surface area is 140 Å². The molecule has 2 rings (SSSR count). The molecule has 0 bridgehead atoms. The van der Waals surface area contributed by atoms with Crippen LogP contribution < -0.4 is 4.90 Å². The van der Waals surface area contributed by atoms with Gasteiger partial charge in [-0.1, -0.05) is 32.0 Å². The molecule has 1 saturated heterocycles. The summed E-state index contributed by atoms with van der Waals surface area (Å²) in [5.41, 5.74) is 1.03. The van der Waals surface area contributed by atoms with Gasteiger partial charge in [0.25, 0.3) is 0 Å². The smallest absolute Gasteiger partial charge is 0.226 e. The van der Waals surface area contributed by atoms with E-state index in [9.17, 15) is 4.79 Å². The summed E-state index contributed by atoms with van der Waals surface area (Å²) in [4.78, 5) is 17.0. The molecule has 1 fully saturated rings. The Morgan fingerprint density at radius 3 is 2.65 bits per heavy atom. The van der Waals surface area contributed by atoms with E-state index >= 15 is 0 Å². The molecule has 1 aromatic carbocycles. The van der Waals surface area contributed by atoms with Gasteiger partial charge in [0, 0.05) is 44.4 Å². The minimum atomic E-state index is 0.218. The number of carbonyl (C=O) groups is 1. The third-order valence-corrected chi connectivity index (χ3v) is 4.64. The second-order valence-corrected chi connectivity index (χ2v) is 6.28. The summed E-state index contributed by atoms with van der Waals surface area (Å²) in [6.45, 7) is 10.8. The van der Waals surface area contributed by atoms with Crippen molar-refractivity contribution in [3.8, 4) is 0 Å². The third kappa shape index (κ3) is 4.79. The Hall–Kier alpha value is -1.39. The topological polar surface area (TPSA) is 32.8 Å². The Morgan fingerprint density at radius 2 is 2.04 bits per heavy atom. The SMILES string of the molecule is CCOCCN1CC[C@@H](N(C(=O)CC)c2ccccc2)[C@@H](C)C1. The van der Waals surface area contributed by atoms with Crippen molar-refractivity contribution in [3.05, 3.63) is 30.3 Å². The van der Waals surface area contributed by atoms with Crippen molar-refractivity contribution in [2.45, 2.75) is 39.7 Å². The molecule has 0 saturated carbocycles. The summed E-state index contributed by atoms with van der Waals surface area (Å²) in [6.07, 6.45) is 1.57. The van der Waals surface area contributed by atoms with Crippen LogP contribution in [0.4, 0.5) is 5.69 Å². The first-order valence-electron chi connectivity index (χ1n) is 8.84. The van der Waals surface area contributed by atoms with Crippen LogP contribution in [0.5, 0.6) is 0 Å². The highest BCUT2D eigenvalue weighted by Crippen LogP contribution is 2.27. The van der Waals surface area contributed by atoms with Crippen molar-refractivity contribution < 1.29 is 9.53 Å². The van der Waals surface area contributed by atoms with Gasteiger partial charge in [-0.15, -0.1) is 0 Å². The molecule has 0 aliphatic carbocycles. The van der Waals surface area contributed by atoms with E-state index in [1.54, 1.807) is 0 Å². The maximum absolute atomic E-state index is 12.5. The average molecular weight is 318 g/mol. The molecule has 4 heteroatoms. The Bertz CT molecular complexity index is 478. The zero-order valence-corrected chi connectivity index (χ0v) is 14.7. The molecule has 0 N–H and O–H groups in total. The zero-order chi connectivity index (χ0) is 16.7.